The molecule has 0 radical (unpaired) electrons. The van der Waals surface area contributed by atoms with E-state index in [0.717, 1.165) is 47.9 Å². The second-order valence-electron chi connectivity index (χ2n) is 10.5. The molecule has 1 saturated carbocycles. The van der Waals surface area contributed by atoms with Crippen LogP contribution in [0.1, 0.15) is 54.4 Å². The van der Waals surface area contributed by atoms with Crippen molar-refractivity contribution in [1.29, 1.82) is 0 Å². The molecular weight excluding hydrogens is 488 g/mol. The number of hydrogen-bond donors (Lipinski definition) is 1. The fourth-order valence-corrected chi connectivity index (χ4v) is 5.10. The van der Waals surface area contributed by atoms with Crippen molar-refractivity contribution < 1.29 is 19.1 Å². The van der Waals surface area contributed by atoms with E-state index in [1.807, 2.05) is 86.6 Å². The number of rotatable bonds is 11. The molecule has 0 spiro atoms. The van der Waals surface area contributed by atoms with E-state index in [9.17, 15) is 9.59 Å². The third kappa shape index (κ3) is 8.09. The highest BCUT2D eigenvalue weighted by molar-refractivity contribution is 5.88. The van der Waals surface area contributed by atoms with Crippen LogP contribution in [0.15, 0.2) is 72.8 Å². The molecule has 2 amide bonds. The lowest BCUT2D eigenvalue weighted by molar-refractivity contribution is -0.143. The number of nitrogens with zero attached hydrogens (tertiary/aromatic N) is 1. The number of carbonyl (C=O) groups is 2. The van der Waals surface area contributed by atoms with E-state index >= 15 is 0 Å². The van der Waals surface area contributed by atoms with Crippen molar-refractivity contribution in [2.24, 2.45) is 0 Å². The van der Waals surface area contributed by atoms with Crippen molar-refractivity contribution in [3.63, 3.8) is 0 Å². The van der Waals surface area contributed by atoms with Crippen molar-refractivity contribution in [3.8, 4) is 11.5 Å². The van der Waals surface area contributed by atoms with Gasteiger partial charge in [0.2, 0.25) is 5.91 Å². The summed E-state index contributed by atoms with van der Waals surface area (Å²) in [4.78, 5) is 29.4. The van der Waals surface area contributed by atoms with Crippen molar-refractivity contribution in [1.82, 2.24) is 10.2 Å². The maximum absolute atomic E-state index is 13.9. The third-order valence-electron chi connectivity index (χ3n) is 7.55. The molecule has 0 aromatic heterocycles. The van der Waals surface area contributed by atoms with E-state index in [1.165, 1.54) is 6.42 Å². The van der Waals surface area contributed by atoms with E-state index < -0.39 is 6.04 Å². The molecule has 39 heavy (non-hydrogen) atoms. The summed E-state index contributed by atoms with van der Waals surface area (Å²) in [6.45, 7) is 4.17. The molecule has 6 nitrogen and oxygen atoms in total. The van der Waals surface area contributed by atoms with E-state index in [2.05, 4.69) is 5.32 Å². The topological polar surface area (TPSA) is 67.9 Å². The lowest BCUT2D eigenvalue weighted by Gasteiger charge is -2.33. The number of nitrogens with one attached hydrogen (secondary N) is 1. The average Bonchev–Trinajstić information content (AvgIpc) is 2.96. The Hall–Kier alpha value is -3.80. The summed E-state index contributed by atoms with van der Waals surface area (Å²) in [5, 5.41) is 3.27. The standard InChI is InChI=1S/C33H40N2O4/c1-24-17-18-30(19-25(24)2)39-23-32(36)35(22-27-13-10-16-29(20-27)38-3)31(21-26-11-6-4-7-12-26)33(37)34-28-14-8-5-9-15-28/h4,6-7,10-13,16-20,28,31H,5,8-9,14-15,21-23H2,1-3H3,(H,34,37). The Labute approximate surface area is 232 Å². The lowest BCUT2D eigenvalue weighted by Crippen LogP contribution is -2.53. The van der Waals surface area contributed by atoms with Crippen LogP contribution in [0.25, 0.3) is 0 Å². The summed E-state index contributed by atoms with van der Waals surface area (Å²) in [6.07, 6.45) is 5.80. The SMILES string of the molecule is COc1cccc(CN(C(=O)COc2ccc(C)c(C)c2)C(Cc2ccccc2)C(=O)NC2CCCCC2)c1. The number of carbonyl (C=O) groups excluding carboxylic acids is 2. The molecule has 1 N–H and O–H groups in total. The number of benzene rings is 3. The van der Waals surface area contributed by atoms with Gasteiger partial charge in [-0.25, -0.2) is 0 Å². The summed E-state index contributed by atoms with van der Waals surface area (Å²) in [7, 11) is 1.62. The number of methoxy groups -OCH3 is 1. The minimum absolute atomic E-state index is 0.117. The average molecular weight is 529 g/mol. The molecule has 4 rings (SSSR count). The minimum atomic E-state index is -0.684. The largest absolute Gasteiger partial charge is 0.497 e. The third-order valence-corrected chi connectivity index (χ3v) is 7.55. The summed E-state index contributed by atoms with van der Waals surface area (Å²) in [6, 6.07) is 22.8. The summed E-state index contributed by atoms with van der Waals surface area (Å²) in [5.41, 5.74) is 4.15. The highest BCUT2D eigenvalue weighted by Crippen LogP contribution is 2.22. The van der Waals surface area contributed by atoms with Crippen molar-refractivity contribution in [3.05, 3.63) is 95.1 Å². The molecule has 0 saturated heterocycles. The van der Waals surface area contributed by atoms with Gasteiger partial charge in [0.05, 0.1) is 7.11 Å². The fraction of sp³-hybridized carbons (Fsp3) is 0.394. The van der Waals surface area contributed by atoms with Crippen LogP contribution < -0.4 is 14.8 Å². The van der Waals surface area contributed by atoms with Gasteiger partial charge in [0.25, 0.3) is 5.91 Å². The maximum atomic E-state index is 13.9. The van der Waals surface area contributed by atoms with Crippen molar-refractivity contribution in [2.75, 3.05) is 13.7 Å². The lowest BCUT2D eigenvalue weighted by atomic mass is 9.94. The Balaban J connectivity index is 1.62. The Morgan fingerprint density at radius 2 is 1.62 bits per heavy atom. The molecule has 1 fully saturated rings. The molecule has 206 valence electrons. The molecule has 1 aliphatic rings. The zero-order valence-electron chi connectivity index (χ0n) is 23.3. The van der Waals surface area contributed by atoms with Crippen LogP contribution in [0.2, 0.25) is 0 Å². The molecule has 0 aliphatic heterocycles. The van der Waals surface area contributed by atoms with Gasteiger partial charge in [0.15, 0.2) is 6.61 Å². The molecule has 6 heteroatoms. The fourth-order valence-electron chi connectivity index (χ4n) is 5.10. The van der Waals surface area contributed by atoms with Gasteiger partial charge in [0, 0.05) is 19.0 Å². The number of ether oxygens (including phenoxy) is 2. The number of aryl methyl sites for hydroxylation is 2. The van der Waals surface area contributed by atoms with Crippen LogP contribution in [0.5, 0.6) is 11.5 Å². The van der Waals surface area contributed by atoms with Crippen molar-refractivity contribution in [2.45, 2.75) is 71.0 Å². The zero-order valence-corrected chi connectivity index (χ0v) is 23.3. The van der Waals surface area contributed by atoms with Gasteiger partial charge in [-0.15, -0.1) is 0 Å². The molecule has 3 aromatic carbocycles. The summed E-state index contributed by atoms with van der Waals surface area (Å²) < 4.78 is 11.4. The molecule has 0 heterocycles. The maximum Gasteiger partial charge on any atom is 0.261 e. The van der Waals surface area contributed by atoms with Crippen LogP contribution in [0, 0.1) is 13.8 Å². The monoisotopic (exact) mass is 528 g/mol. The van der Waals surface area contributed by atoms with Gasteiger partial charge in [-0.2, -0.15) is 0 Å². The van der Waals surface area contributed by atoms with E-state index in [1.54, 1.807) is 12.0 Å². The van der Waals surface area contributed by atoms with Crippen LogP contribution in [-0.2, 0) is 22.6 Å². The first-order valence-electron chi connectivity index (χ1n) is 13.9. The molecule has 0 bridgehead atoms. The number of amides is 2. The van der Waals surface area contributed by atoms with Gasteiger partial charge >= 0.3 is 0 Å². The molecule has 1 atom stereocenters. The van der Waals surface area contributed by atoms with E-state index in [-0.39, 0.29) is 31.0 Å². The highest BCUT2D eigenvalue weighted by Gasteiger charge is 2.32. The van der Waals surface area contributed by atoms with Crippen LogP contribution in [0.3, 0.4) is 0 Å². The van der Waals surface area contributed by atoms with Gasteiger partial charge < -0.3 is 19.7 Å². The van der Waals surface area contributed by atoms with Gasteiger partial charge in [-0.05, 0) is 73.2 Å². The minimum Gasteiger partial charge on any atom is -0.497 e. The highest BCUT2D eigenvalue weighted by atomic mass is 16.5. The first kappa shape index (κ1) is 28.2. The predicted octanol–water partition coefficient (Wildman–Crippen LogP) is 5.78. The van der Waals surface area contributed by atoms with E-state index in [0.29, 0.717) is 17.9 Å². The summed E-state index contributed by atoms with van der Waals surface area (Å²) >= 11 is 0. The Morgan fingerprint density at radius 1 is 0.872 bits per heavy atom. The van der Waals surface area contributed by atoms with Crippen LogP contribution >= 0.6 is 0 Å². The van der Waals surface area contributed by atoms with Crippen LogP contribution in [0.4, 0.5) is 0 Å². The second kappa shape index (κ2) is 13.8. The van der Waals surface area contributed by atoms with Gasteiger partial charge in [0.1, 0.15) is 17.5 Å². The van der Waals surface area contributed by atoms with E-state index in [4.69, 9.17) is 9.47 Å². The zero-order chi connectivity index (χ0) is 27.6. The first-order chi connectivity index (χ1) is 18.9. The molecular formula is C33H40N2O4. The Kier molecular flexibility index (Phi) is 10.0. The smallest absolute Gasteiger partial charge is 0.261 e. The second-order valence-corrected chi connectivity index (χ2v) is 10.5. The Morgan fingerprint density at radius 3 is 2.33 bits per heavy atom. The Bertz CT molecular complexity index is 1240. The van der Waals surface area contributed by atoms with Gasteiger partial charge in [-0.1, -0.05) is 67.8 Å². The normalized spacial score (nSPS) is 14.3. The quantitative estimate of drug-likeness (QED) is 0.343. The molecule has 1 aliphatic carbocycles. The van der Waals surface area contributed by atoms with Crippen molar-refractivity contribution >= 4 is 11.8 Å². The van der Waals surface area contributed by atoms with Crippen LogP contribution in [-0.4, -0.2) is 42.5 Å². The number of hydrogen-bond acceptors (Lipinski definition) is 4. The van der Waals surface area contributed by atoms with Gasteiger partial charge in [-0.3, -0.25) is 9.59 Å². The molecule has 1 unspecified atom stereocenters. The first-order valence-corrected chi connectivity index (χ1v) is 13.9. The predicted molar refractivity (Wildman–Crippen MR) is 154 cm³/mol. The summed E-state index contributed by atoms with van der Waals surface area (Å²) in [5.74, 6) is 0.987. The molecule has 3 aromatic rings.